The number of alkyl halides is 2. The van der Waals surface area contributed by atoms with Gasteiger partial charge in [0.15, 0.2) is 6.10 Å². The zero-order chi connectivity index (χ0) is 22.7. The first-order valence-corrected chi connectivity index (χ1v) is 10.0. The molecule has 0 aliphatic heterocycles. The van der Waals surface area contributed by atoms with E-state index in [1.807, 2.05) is 0 Å². The fraction of sp³-hybridized carbons (Fsp3) is 0.273. The Morgan fingerprint density at radius 1 is 1.10 bits per heavy atom. The van der Waals surface area contributed by atoms with E-state index in [1.165, 1.54) is 20.1 Å². The number of fused-ring (bicyclic) bond motifs is 1. The number of aryl methyl sites for hydroxylation is 1. The maximum Gasteiger partial charge on any atom is 0.388 e. The maximum absolute atomic E-state index is 13.1. The lowest BCUT2D eigenvalue weighted by atomic mass is 9.97. The van der Waals surface area contributed by atoms with Crippen molar-refractivity contribution in [3.8, 4) is 11.6 Å². The minimum absolute atomic E-state index is 0.226. The molecule has 0 amide bonds. The fourth-order valence-electron chi connectivity index (χ4n) is 3.20. The fourth-order valence-corrected chi connectivity index (χ4v) is 3.52. The Morgan fingerprint density at radius 2 is 1.77 bits per heavy atom. The second-order valence-electron chi connectivity index (χ2n) is 6.75. The van der Waals surface area contributed by atoms with Crippen molar-refractivity contribution >= 4 is 40.1 Å². The van der Waals surface area contributed by atoms with Gasteiger partial charge in [0.1, 0.15) is 5.75 Å². The van der Waals surface area contributed by atoms with Crippen LogP contribution in [0.25, 0.3) is 10.9 Å². The molecular weight excluding hydrogens is 451 g/mol. The van der Waals surface area contributed by atoms with Crippen LogP contribution in [0.15, 0.2) is 36.4 Å². The molecule has 3 rings (SSSR count). The molecule has 1 atom stereocenters. The van der Waals surface area contributed by atoms with E-state index in [1.54, 1.807) is 37.3 Å². The summed E-state index contributed by atoms with van der Waals surface area (Å²) in [6.07, 6.45) is -0.641. The monoisotopic (exact) mass is 469 g/mol. The first-order valence-electron chi connectivity index (χ1n) is 9.26. The molecule has 3 aromatic rings. The highest BCUT2D eigenvalue weighted by Crippen LogP contribution is 2.39. The Labute approximate surface area is 187 Å². The molecule has 0 N–H and O–H groups in total. The molecule has 1 unspecified atom stereocenters. The van der Waals surface area contributed by atoms with E-state index in [9.17, 15) is 13.6 Å². The van der Waals surface area contributed by atoms with Crippen LogP contribution in [0.4, 0.5) is 8.78 Å². The molecule has 0 spiro atoms. The summed E-state index contributed by atoms with van der Waals surface area (Å²) in [5.74, 6) is -0.467. The third-order valence-corrected chi connectivity index (χ3v) is 5.28. The molecule has 0 saturated heterocycles. The van der Waals surface area contributed by atoms with Gasteiger partial charge in [-0.15, -0.1) is 0 Å². The van der Waals surface area contributed by atoms with Crippen LogP contribution in [-0.2, 0) is 16.0 Å². The van der Waals surface area contributed by atoms with Gasteiger partial charge in [-0.25, -0.2) is 9.78 Å². The second-order valence-corrected chi connectivity index (χ2v) is 7.60. The molecule has 0 saturated carbocycles. The van der Waals surface area contributed by atoms with Gasteiger partial charge in [-0.3, -0.25) is 0 Å². The highest BCUT2D eigenvalue weighted by atomic mass is 35.5. The number of benzene rings is 2. The number of hydrogen-bond donors (Lipinski definition) is 0. The van der Waals surface area contributed by atoms with Gasteiger partial charge >= 0.3 is 12.6 Å². The standard InChI is InChI=1S/C22H19Cl2F2NO4/c1-11-15(10-13-4-6-14(23)7-5-13)20(31-22(25)26)27-19-16(24)8-9-17(18(11)19)30-12(2)21(28)29-3/h4-9,12,22H,10H2,1-3H3. The second kappa shape index (κ2) is 9.66. The highest BCUT2D eigenvalue weighted by molar-refractivity contribution is 6.35. The van der Waals surface area contributed by atoms with Crippen molar-refractivity contribution in [2.45, 2.75) is 33.0 Å². The Balaban J connectivity index is 2.19. The number of hydrogen-bond acceptors (Lipinski definition) is 5. The lowest BCUT2D eigenvalue weighted by Crippen LogP contribution is -2.25. The van der Waals surface area contributed by atoms with Crippen LogP contribution in [0.5, 0.6) is 11.6 Å². The Hall–Kier alpha value is -2.64. The molecule has 164 valence electrons. The maximum atomic E-state index is 13.1. The molecule has 31 heavy (non-hydrogen) atoms. The summed E-state index contributed by atoms with van der Waals surface area (Å²) in [5, 5.41) is 1.28. The predicted molar refractivity (Wildman–Crippen MR) is 114 cm³/mol. The molecule has 0 fully saturated rings. The van der Waals surface area contributed by atoms with E-state index >= 15 is 0 Å². The van der Waals surface area contributed by atoms with E-state index in [0.717, 1.165) is 5.56 Å². The van der Waals surface area contributed by atoms with Crippen molar-refractivity contribution in [3.05, 3.63) is 63.1 Å². The number of rotatable bonds is 7. The van der Waals surface area contributed by atoms with Crippen LogP contribution >= 0.6 is 23.2 Å². The first-order chi connectivity index (χ1) is 14.7. The number of carbonyl (C=O) groups is 1. The number of aromatic nitrogens is 1. The van der Waals surface area contributed by atoms with E-state index in [2.05, 4.69) is 4.98 Å². The van der Waals surface area contributed by atoms with Crippen LogP contribution < -0.4 is 9.47 Å². The van der Waals surface area contributed by atoms with Crippen LogP contribution in [0.2, 0.25) is 10.0 Å². The number of ether oxygens (including phenoxy) is 3. The Bertz CT molecular complexity index is 1110. The molecule has 5 nitrogen and oxygen atoms in total. The van der Waals surface area contributed by atoms with E-state index in [0.29, 0.717) is 27.3 Å². The van der Waals surface area contributed by atoms with Crippen molar-refractivity contribution < 1.29 is 27.8 Å². The van der Waals surface area contributed by atoms with Crippen molar-refractivity contribution in [3.63, 3.8) is 0 Å². The normalized spacial score (nSPS) is 12.1. The smallest absolute Gasteiger partial charge is 0.388 e. The molecule has 1 heterocycles. The Morgan fingerprint density at radius 3 is 2.39 bits per heavy atom. The third kappa shape index (κ3) is 5.17. The van der Waals surface area contributed by atoms with Gasteiger partial charge in [-0.2, -0.15) is 8.78 Å². The number of halogens is 4. The van der Waals surface area contributed by atoms with Crippen LogP contribution in [0, 0.1) is 6.92 Å². The summed E-state index contributed by atoms with van der Waals surface area (Å²) in [5.41, 5.74) is 2.07. The van der Waals surface area contributed by atoms with Gasteiger partial charge in [0, 0.05) is 22.4 Å². The summed E-state index contributed by atoms with van der Waals surface area (Å²) in [4.78, 5) is 16.1. The van der Waals surface area contributed by atoms with Gasteiger partial charge < -0.3 is 14.2 Å². The Kier molecular flexibility index (Phi) is 7.18. The van der Waals surface area contributed by atoms with E-state index < -0.39 is 18.7 Å². The SMILES string of the molecule is COC(=O)C(C)Oc1ccc(Cl)c2nc(OC(F)F)c(Cc3ccc(Cl)cc3)c(C)c12. The van der Waals surface area contributed by atoms with E-state index in [4.69, 9.17) is 37.4 Å². The summed E-state index contributed by atoms with van der Waals surface area (Å²) in [6.45, 7) is 0.211. The van der Waals surface area contributed by atoms with Gasteiger partial charge in [0.25, 0.3) is 0 Å². The van der Waals surface area contributed by atoms with Gasteiger partial charge in [0.2, 0.25) is 5.88 Å². The van der Waals surface area contributed by atoms with Gasteiger partial charge in [-0.05, 0) is 49.2 Å². The predicted octanol–water partition coefficient (Wildman–Crippen LogP) is 5.98. The molecule has 0 aliphatic carbocycles. The number of esters is 1. The number of methoxy groups -OCH3 is 1. The van der Waals surface area contributed by atoms with E-state index in [-0.39, 0.29) is 22.8 Å². The van der Waals surface area contributed by atoms with Crippen LogP contribution in [0.3, 0.4) is 0 Å². The highest BCUT2D eigenvalue weighted by Gasteiger charge is 2.23. The molecular formula is C22H19Cl2F2NO4. The van der Waals surface area contributed by atoms with Crippen molar-refractivity contribution in [2.24, 2.45) is 0 Å². The van der Waals surface area contributed by atoms with Crippen molar-refractivity contribution in [1.82, 2.24) is 4.98 Å². The molecule has 0 bridgehead atoms. The first kappa shape index (κ1) is 23.0. The van der Waals surface area contributed by atoms with Gasteiger partial charge in [0.05, 0.1) is 17.6 Å². The van der Waals surface area contributed by atoms with Crippen LogP contribution in [-0.4, -0.2) is 30.8 Å². The largest absolute Gasteiger partial charge is 0.478 e. The molecule has 0 radical (unpaired) electrons. The summed E-state index contributed by atoms with van der Waals surface area (Å²) in [7, 11) is 1.26. The summed E-state index contributed by atoms with van der Waals surface area (Å²) in [6, 6.07) is 10.1. The number of nitrogens with zero attached hydrogens (tertiary/aromatic N) is 1. The third-order valence-electron chi connectivity index (χ3n) is 4.72. The molecule has 9 heteroatoms. The molecule has 2 aromatic carbocycles. The molecule has 0 aliphatic rings. The van der Waals surface area contributed by atoms with Crippen LogP contribution in [0.1, 0.15) is 23.6 Å². The zero-order valence-corrected chi connectivity index (χ0v) is 18.4. The number of pyridine rings is 1. The minimum atomic E-state index is -3.06. The number of carbonyl (C=O) groups excluding carboxylic acids is 1. The summed E-state index contributed by atoms with van der Waals surface area (Å²) >= 11 is 12.2. The summed E-state index contributed by atoms with van der Waals surface area (Å²) < 4.78 is 41.4. The van der Waals surface area contributed by atoms with Crippen molar-refractivity contribution in [2.75, 3.05) is 7.11 Å². The average molecular weight is 470 g/mol. The lowest BCUT2D eigenvalue weighted by Gasteiger charge is -2.19. The average Bonchev–Trinajstić information content (AvgIpc) is 2.73. The topological polar surface area (TPSA) is 57.7 Å². The quantitative estimate of drug-likeness (QED) is 0.398. The van der Waals surface area contributed by atoms with Gasteiger partial charge in [-0.1, -0.05) is 35.3 Å². The minimum Gasteiger partial charge on any atom is -0.478 e. The zero-order valence-electron chi connectivity index (χ0n) is 16.9. The molecule has 1 aromatic heterocycles. The van der Waals surface area contributed by atoms with Crippen molar-refractivity contribution in [1.29, 1.82) is 0 Å². The lowest BCUT2D eigenvalue weighted by molar-refractivity contribution is -0.147.